The Morgan fingerprint density at radius 2 is 1.72 bits per heavy atom. The molecule has 0 fully saturated rings. The molecule has 1 heterocycles. The van der Waals surface area contributed by atoms with Crippen molar-refractivity contribution in [2.45, 2.75) is 31.1 Å². The molecule has 1 N–H and O–H groups in total. The minimum absolute atomic E-state index is 0.0358. The second-order valence-electron chi connectivity index (χ2n) is 7.36. The van der Waals surface area contributed by atoms with Gasteiger partial charge in [-0.2, -0.15) is 0 Å². The third-order valence-electron chi connectivity index (χ3n) is 5.70. The molecule has 0 saturated carbocycles. The molecule has 2 aromatic rings. The predicted molar refractivity (Wildman–Crippen MR) is 111 cm³/mol. The van der Waals surface area contributed by atoms with Gasteiger partial charge in [0.05, 0.1) is 14.2 Å². The van der Waals surface area contributed by atoms with Crippen molar-refractivity contribution in [2.24, 2.45) is 0 Å². The van der Waals surface area contributed by atoms with Gasteiger partial charge in [-0.25, -0.2) is 0 Å². The van der Waals surface area contributed by atoms with Gasteiger partial charge in [-0.15, -0.1) is 0 Å². The van der Waals surface area contributed by atoms with Crippen LogP contribution in [0.3, 0.4) is 0 Å². The van der Waals surface area contributed by atoms with Crippen molar-refractivity contribution >= 4 is 23.3 Å². The van der Waals surface area contributed by atoms with Crippen LogP contribution >= 0.6 is 11.6 Å². The lowest BCUT2D eigenvalue weighted by atomic mass is 9.73. The monoisotopic (exact) mass is 411 g/mol. The number of carbonyl (C=O) groups is 2. The number of ether oxygens (including phenoxy) is 2. The molecule has 1 aliphatic heterocycles. The first kappa shape index (κ1) is 19.5. The molecule has 6 heteroatoms. The first-order valence-electron chi connectivity index (χ1n) is 9.54. The van der Waals surface area contributed by atoms with E-state index in [4.69, 9.17) is 21.1 Å². The van der Waals surface area contributed by atoms with Crippen LogP contribution in [0.1, 0.15) is 42.2 Å². The van der Waals surface area contributed by atoms with E-state index in [0.717, 1.165) is 11.1 Å². The molecular formula is C23H22ClNO4. The number of hydrogen-bond acceptors (Lipinski definition) is 4. The maximum Gasteiger partial charge on any atom is 0.225 e. The number of methoxy groups -OCH3 is 2. The molecule has 1 aliphatic carbocycles. The SMILES string of the molecule is COc1ccc([C@H]2CC(=O)C3=C(C2)NC(=O)C[C@@H]3c2ccccc2Cl)cc1OC. The van der Waals surface area contributed by atoms with Gasteiger partial charge in [-0.3, -0.25) is 9.59 Å². The summed E-state index contributed by atoms with van der Waals surface area (Å²) in [5, 5.41) is 3.52. The Morgan fingerprint density at radius 1 is 0.966 bits per heavy atom. The van der Waals surface area contributed by atoms with Gasteiger partial charge < -0.3 is 14.8 Å². The summed E-state index contributed by atoms with van der Waals surface area (Å²) in [5.74, 6) is 0.893. The summed E-state index contributed by atoms with van der Waals surface area (Å²) >= 11 is 6.38. The van der Waals surface area contributed by atoms with Crippen molar-refractivity contribution in [3.63, 3.8) is 0 Å². The normalized spacial score (nSPS) is 21.5. The molecule has 0 unspecified atom stereocenters. The van der Waals surface area contributed by atoms with Crippen molar-refractivity contribution in [1.29, 1.82) is 0 Å². The summed E-state index contributed by atoms with van der Waals surface area (Å²) in [6.45, 7) is 0. The number of allylic oxidation sites excluding steroid dienone is 2. The molecule has 0 spiro atoms. The molecule has 1 amide bonds. The molecule has 150 valence electrons. The van der Waals surface area contributed by atoms with E-state index in [9.17, 15) is 9.59 Å². The van der Waals surface area contributed by atoms with E-state index in [1.54, 1.807) is 20.3 Å². The van der Waals surface area contributed by atoms with Gasteiger partial charge in [0.25, 0.3) is 0 Å². The van der Waals surface area contributed by atoms with Gasteiger partial charge in [0.1, 0.15) is 0 Å². The van der Waals surface area contributed by atoms with Crippen LogP contribution in [0.15, 0.2) is 53.7 Å². The largest absolute Gasteiger partial charge is 0.493 e. The van der Waals surface area contributed by atoms with Crippen LogP contribution in [0.25, 0.3) is 0 Å². The summed E-state index contributed by atoms with van der Waals surface area (Å²) in [5.41, 5.74) is 3.21. The fourth-order valence-electron chi connectivity index (χ4n) is 4.33. The van der Waals surface area contributed by atoms with Gasteiger partial charge in [0.2, 0.25) is 5.91 Å². The second-order valence-corrected chi connectivity index (χ2v) is 7.77. The zero-order valence-electron chi connectivity index (χ0n) is 16.3. The molecule has 5 nitrogen and oxygen atoms in total. The Hall–Kier alpha value is -2.79. The van der Waals surface area contributed by atoms with Crippen LogP contribution in [0.2, 0.25) is 5.02 Å². The van der Waals surface area contributed by atoms with Crippen molar-refractivity contribution < 1.29 is 19.1 Å². The smallest absolute Gasteiger partial charge is 0.225 e. The van der Waals surface area contributed by atoms with Crippen LogP contribution < -0.4 is 14.8 Å². The van der Waals surface area contributed by atoms with Crippen molar-refractivity contribution in [2.75, 3.05) is 14.2 Å². The minimum atomic E-state index is -0.300. The highest BCUT2D eigenvalue weighted by Gasteiger charge is 2.38. The number of carbonyl (C=O) groups excluding carboxylic acids is 2. The van der Waals surface area contributed by atoms with E-state index in [1.807, 2.05) is 36.4 Å². The number of benzene rings is 2. The number of halogens is 1. The van der Waals surface area contributed by atoms with E-state index >= 15 is 0 Å². The lowest BCUT2D eigenvalue weighted by molar-refractivity contribution is -0.122. The number of amides is 1. The van der Waals surface area contributed by atoms with Gasteiger partial charge in [-0.1, -0.05) is 35.9 Å². The Morgan fingerprint density at radius 3 is 2.45 bits per heavy atom. The van der Waals surface area contributed by atoms with E-state index in [1.165, 1.54) is 0 Å². The Kier molecular flexibility index (Phi) is 5.33. The zero-order chi connectivity index (χ0) is 20.5. The maximum absolute atomic E-state index is 13.2. The summed E-state index contributed by atoms with van der Waals surface area (Å²) in [6, 6.07) is 13.1. The lowest BCUT2D eigenvalue weighted by Gasteiger charge is -2.34. The predicted octanol–water partition coefficient (Wildman–Crippen LogP) is 4.36. The molecule has 0 saturated heterocycles. The van der Waals surface area contributed by atoms with Crippen LogP contribution in [-0.4, -0.2) is 25.9 Å². The van der Waals surface area contributed by atoms with Gasteiger partial charge >= 0.3 is 0 Å². The highest BCUT2D eigenvalue weighted by molar-refractivity contribution is 6.31. The molecule has 0 bridgehead atoms. The molecular weight excluding hydrogens is 390 g/mol. The quantitative estimate of drug-likeness (QED) is 0.811. The van der Waals surface area contributed by atoms with Crippen molar-refractivity contribution in [3.05, 3.63) is 69.9 Å². The number of rotatable bonds is 4. The average molecular weight is 412 g/mol. The fourth-order valence-corrected chi connectivity index (χ4v) is 4.59. The van der Waals surface area contributed by atoms with E-state index in [0.29, 0.717) is 40.6 Å². The summed E-state index contributed by atoms with van der Waals surface area (Å²) < 4.78 is 10.7. The van der Waals surface area contributed by atoms with E-state index in [-0.39, 0.29) is 29.9 Å². The molecule has 0 aromatic heterocycles. The Labute approximate surface area is 174 Å². The van der Waals surface area contributed by atoms with Crippen molar-refractivity contribution in [1.82, 2.24) is 5.32 Å². The van der Waals surface area contributed by atoms with Crippen molar-refractivity contribution in [3.8, 4) is 11.5 Å². The summed E-state index contributed by atoms with van der Waals surface area (Å²) in [6.07, 6.45) is 1.20. The Bertz CT molecular complexity index is 1010. The summed E-state index contributed by atoms with van der Waals surface area (Å²) in [7, 11) is 3.18. The topological polar surface area (TPSA) is 64.6 Å². The third-order valence-corrected chi connectivity index (χ3v) is 6.04. The highest BCUT2D eigenvalue weighted by Crippen LogP contribution is 2.44. The number of ketones is 1. The number of nitrogens with one attached hydrogen (secondary N) is 1. The highest BCUT2D eigenvalue weighted by atomic mass is 35.5. The Balaban J connectivity index is 1.71. The third kappa shape index (κ3) is 3.62. The fraction of sp³-hybridized carbons (Fsp3) is 0.304. The lowest BCUT2D eigenvalue weighted by Crippen LogP contribution is -2.38. The second kappa shape index (κ2) is 7.91. The first-order chi connectivity index (χ1) is 14.0. The van der Waals surface area contributed by atoms with Crippen LogP contribution in [0, 0.1) is 0 Å². The molecule has 4 rings (SSSR count). The first-order valence-corrected chi connectivity index (χ1v) is 9.92. The minimum Gasteiger partial charge on any atom is -0.493 e. The molecule has 2 aromatic carbocycles. The standard InChI is InChI=1S/C23H22ClNO4/c1-28-20-8-7-13(11-21(20)29-2)14-9-18-23(19(26)10-14)16(12-22(27)25-18)15-5-3-4-6-17(15)24/h3-8,11,14,16H,9-10,12H2,1-2H3,(H,25,27)/t14-,16-/m1/s1. The molecule has 29 heavy (non-hydrogen) atoms. The summed E-state index contributed by atoms with van der Waals surface area (Å²) in [4.78, 5) is 25.6. The average Bonchev–Trinajstić information content (AvgIpc) is 2.72. The van der Waals surface area contributed by atoms with Crippen LogP contribution in [0.5, 0.6) is 11.5 Å². The van der Waals surface area contributed by atoms with Crippen LogP contribution in [0.4, 0.5) is 0 Å². The van der Waals surface area contributed by atoms with Crippen LogP contribution in [-0.2, 0) is 9.59 Å². The van der Waals surface area contributed by atoms with E-state index in [2.05, 4.69) is 5.32 Å². The van der Waals surface area contributed by atoms with E-state index < -0.39 is 0 Å². The zero-order valence-corrected chi connectivity index (χ0v) is 17.1. The molecule has 0 radical (unpaired) electrons. The maximum atomic E-state index is 13.2. The van der Waals surface area contributed by atoms with Gasteiger partial charge in [0, 0.05) is 35.1 Å². The molecule has 2 aliphatic rings. The number of hydrogen-bond donors (Lipinski definition) is 1. The van der Waals surface area contributed by atoms with Gasteiger partial charge in [0.15, 0.2) is 17.3 Å². The molecule has 2 atom stereocenters. The number of Topliss-reactive ketones (excluding diaryl/α,β-unsaturated/α-hetero) is 1. The van der Waals surface area contributed by atoms with Gasteiger partial charge in [-0.05, 0) is 41.7 Å².